The zero-order valence-corrected chi connectivity index (χ0v) is 22.2. The molecule has 1 aliphatic rings. The third-order valence-electron chi connectivity index (χ3n) is 5.93. The van der Waals surface area contributed by atoms with Crippen LogP contribution in [0.25, 0.3) is 0 Å². The summed E-state index contributed by atoms with van der Waals surface area (Å²) in [5.74, 6) is -0.358. The van der Waals surface area contributed by atoms with Crippen molar-refractivity contribution in [2.75, 3.05) is 18.4 Å². The van der Waals surface area contributed by atoms with Crippen molar-refractivity contribution >= 4 is 62.4 Å². The Bertz CT molecular complexity index is 1190. The van der Waals surface area contributed by atoms with Crippen molar-refractivity contribution in [3.8, 4) is 0 Å². The molecule has 0 aliphatic carbocycles. The molecule has 5 nitrogen and oxygen atoms in total. The van der Waals surface area contributed by atoms with Crippen LogP contribution in [0.1, 0.15) is 17.5 Å². The van der Waals surface area contributed by atoms with Gasteiger partial charge in [-0.2, -0.15) is 0 Å². The Morgan fingerprint density at radius 2 is 1.54 bits per heavy atom. The second-order valence-corrected chi connectivity index (χ2v) is 10.1. The standard InChI is InChI=1S/C27H25BrClN3O2S/c28-21-8-12-23(13-9-21)30-25(33)18-24-26(34)32(17-15-19-4-2-1-3-5-19)27(35)31(24)16-14-20-6-10-22(29)11-7-20/h1-13,24H,14-18H2,(H,30,33). The molecule has 0 radical (unpaired) electrons. The second-order valence-electron chi connectivity index (χ2n) is 8.35. The third kappa shape index (κ3) is 6.69. The van der Waals surface area contributed by atoms with E-state index >= 15 is 0 Å². The van der Waals surface area contributed by atoms with Crippen LogP contribution in [-0.4, -0.2) is 45.9 Å². The number of carbonyl (C=O) groups is 2. The lowest BCUT2D eigenvalue weighted by Crippen LogP contribution is -2.39. The first-order valence-corrected chi connectivity index (χ1v) is 12.9. The minimum Gasteiger partial charge on any atom is -0.336 e. The Morgan fingerprint density at radius 3 is 2.23 bits per heavy atom. The minimum absolute atomic E-state index is 0.0253. The highest BCUT2D eigenvalue weighted by Gasteiger charge is 2.42. The first kappa shape index (κ1) is 25.4. The van der Waals surface area contributed by atoms with Crippen LogP contribution >= 0.6 is 39.7 Å². The molecule has 1 aliphatic heterocycles. The molecule has 35 heavy (non-hydrogen) atoms. The summed E-state index contributed by atoms with van der Waals surface area (Å²) in [7, 11) is 0. The van der Waals surface area contributed by atoms with Crippen molar-refractivity contribution in [1.29, 1.82) is 0 Å². The van der Waals surface area contributed by atoms with Gasteiger partial charge in [-0.1, -0.05) is 70.0 Å². The van der Waals surface area contributed by atoms with Crippen LogP contribution in [0, 0.1) is 0 Å². The lowest BCUT2D eigenvalue weighted by molar-refractivity contribution is -0.130. The Labute approximate surface area is 224 Å². The zero-order valence-electron chi connectivity index (χ0n) is 19.0. The topological polar surface area (TPSA) is 52.7 Å². The molecule has 1 saturated heterocycles. The predicted octanol–water partition coefficient (Wildman–Crippen LogP) is 5.71. The molecule has 1 unspecified atom stereocenters. The van der Waals surface area contributed by atoms with Gasteiger partial charge in [-0.3, -0.25) is 14.5 Å². The number of nitrogens with one attached hydrogen (secondary N) is 1. The van der Waals surface area contributed by atoms with Gasteiger partial charge in [0.25, 0.3) is 5.91 Å². The van der Waals surface area contributed by atoms with E-state index in [1.165, 1.54) is 0 Å². The Balaban J connectivity index is 1.47. The number of hydrogen-bond acceptors (Lipinski definition) is 3. The number of hydrogen-bond donors (Lipinski definition) is 1. The lowest BCUT2D eigenvalue weighted by atomic mass is 10.1. The lowest BCUT2D eigenvalue weighted by Gasteiger charge is -2.24. The Morgan fingerprint density at radius 1 is 0.914 bits per heavy atom. The summed E-state index contributed by atoms with van der Waals surface area (Å²) in [6, 6.07) is 24.3. The molecule has 1 N–H and O–H groups in total. The first-order chi connectivity index (χ1) is 16.9. The van der Waals surface area contributed by atoms with Crippen molar-refractivity contribution in [1.82, 2.24) is 9.80 Å². The van der Waals surface area contributed by atoms with Gasteiger partial charge in [0.05, 0.1) is 6.42 Å². The molecule has 1 heterocycles. The maximum Gasteiger partial charge on any atom is 0.252 e. The molecule has 4 rings (SSSR count). The minimum atomic E-state index is -0.638. The summed E-state index contributed by atoms with van der Waals surface area (Å²) in [6.07, 6.45) is 1.40. The highest BCUT2D eigenvalue weighted by molar-refractivity contribution is 9.10. The van der Waals surface area contributed by atoms with Gasteiger partial charge in [-0.25, -0.2) is 0 Å². The van der Waals surface area contributed by atoms with Gasteiger partial charge in [0, 0.05) is 28.3 Å². The Hall–Kier alpha value is -2.74. The van der Waals surface area contributed by atoms with E-state index in [1.54, 1.807) is 4.90 Å². The maximum atomic E-state index is 13.4. The predicted molar refractivity (Wildman–Crippen MR) is 147 cm³/mol. The van der Waals surface area contributed by atoms with Crippen LogP contribution in [0.4, 0.5) is 5.69 Å². The normalized spacial score (nSPS) is 15.5. The molecule has 3 aromatic carbocycles. The summed E-state index contributed by atoms with van der Waals surface area (Å²) >= 11 is 15.1. The molecular weight excluding hydrogens is 546 g/mol. The molecule has 3 aromatic rings. The fourth-order valence-corrected chi connectivity index (χ4v) is 4.85. The molecule has 0 saturated carbocycles. The number of benzene rings is 3. The van der Waals surface area contributed by atoms with Crippen molar-refractivity contribution in [3.63, 3.8) is 0 Å². The highest BCUT2D eigenvalue weighted by atomic mass is 79.9. The van der Waals surface area contributed by atoms with Crippen LogP contribution in [0.5, 0.6) is 0 Å². The molecule has 1 atom stereocenters. The number of nitrogens with zero attached hydrogens (tertiary/aromatic N) is 2. The van der Waals surface area contributed by atoms with Crippen molar-refractivity contribution in [2.45, 2.75) is 25.3 Å². The number of halogens is 2. The van der Waals surface area contributed by atoms with Crippen LogP contribution < -0.4 is 5.32 Å². The Kier molecular flexibility index (Phi) is 8.55. The summed E-state index contributed by atoms with van der Waals surface area (Å²) in [6.45, 7) is 1.01. The van der Waals surface area contributed by atoms with E-state index in [0.717, 1.165) is 15.6 Å². The van der Waals surface area contributed by atoms with Crippen molar-refractivity contribution in [3.05, 3.63) is 99.5 Å². The number of carbonyl (C=O) groups excluding carboxylic acids is 2. The number of anilines is 1. The fraction of sp³-hybridized carbons (Fsp3) is 0.222. The maximum absolute atomic E-state index is 13.4. The average molecular weight is 571 g/mol. The molecule has 0 aromatic heterocycles. The molecule has 0 bridgehead atoms. The van der Waals surface area contributed by atoms with E-state index in [0.29, 0.717) is 41.8 Å². The largest absolute Gasteiger partial charge is 0.336 e. The summed E-state index contributed by atoms with van der Waals surface area (Å²) in [5, 5.41) is 4.04. The first-order valence-electron chi connectivity index (χ1n) is 11.4. The highest BCUT2D eigenvalue weighted by Crippen LogP contribution is 2.23. The quantitative estimate of drug-likeness (QED) is 0.335. The van der Waals surface area contributed by atoms with Crippen LogP contribution in [0.15, 0.2) is 83.3 Å². The van der Waals surface area contributed by atoms with E-state index in [1.807, 2.05) is 83.8 Å². The van der Waals surface area contributed by atoms with E-state index in [9.17, 15) is 9.59 Å². The van der Waals surface area contributed by atoms with Gasteiger partial charge in [0.2, 0.25) is 5.91 Å². The third-order valence-corrected chi connectivity index (χ3v) is 7.17. The van der Waals surface area contributed by atoms with Crippen LogP contribution in [0.3, 0.4) is 0 Å². The van der Waals surface area contributed by atoms with Gasteiger partial charge >= 0.3 is 0 Å². The zero-order chi connectivity index (χ0) is 24.8. The van der Waals surface area contributed by atoms with E-state index in [4.69, 9.17) is 23.8 Å². The fourth-order valence-electron chi connectivity index (χ4n) is 4.06. The van der Waals surface area contributed by atoms with Gasteiger partial charge in [0.15, 0.2) is 5.11 Å². The number of thiocarbonyl (C=S) groups is 1. The summed E-state index contributed by atoms with van der Waals surface area (Å²) in [5.41, 5.74) is 2.90. The number of rotatable bonds is 9. The van der Waals surface area contributed by atoms with Gasteiger partial charge in [-0.15, -0.1) is 0 Å². The van der Waals surface area contributed by atoms with Crippen molar-refractivity contribution < 1.29 is 9.59 Å². The molecule has 180 valence electrons. The van der Waals surface area contributed by atoms with E-state index in [-0.39, 0.29) is 18.2 Å². The van der Waals surface area contributed by atoms with E-state index < -0.39 is 6.04 Å². The monoisotopic (exact) mass is 569 g/mol. The van der Waals surface area contributed by atoms with E-state index in [2.05, 4.69) is 21.2 Å². The summed E-state index contributed by atoms with van der Waals surface area (Å²) in [4.78, 5) is 29.8. The molecule has 0 spiro atoms. The smallest absolute Gasteiger partial charge is 0.252 e. The molecular formula is C27H25BrClN3O2S. The summed E-state index contributed by atoms with van der Waals surface area (Å²) < 4.78 is 0.925. The average Bonchev–Trinajstić information content (AvgIpc) is 3.07. The van der Waals surface area contributed by atoms with Crippen molar-refractivity contribution in [2.24, 2.45) is 0 Å². The van der Waals surface area contributed by atoms with Gasteiger partial charge < -0.3 is 10.2 Å². The number of amides is 2. The van der Waals surface area contributed by atoms with Gasteiger partial charge in [-0.05, 0) is 72.6 Å². The molecule has 1 fully saturated rings. The second kappa shape index (κ2) is 11.8. The van der Waals surface area contributed by atoms with Gasteiger partial charge in [0.1, 0.15) is 6.04 Å². The van der Waals surface area contributed by atoms with Crippen LogP contribution in [-0.2, 0) is 22.4 Å². The molecule has 2 amide bonds. The molecule has 8 heteroatoms. The van der Waals surface area contributed by atoms with Crippen LogP contribution in [0.2, 0.25) is 5.02 Å². The SMILES string of the molecule is O=C(CC1C(=O)N(CCc2ccccc2)C(=S)N1CCc1ccc(Cl)cc1)Nc1ccc(Br)cc1.